The largest absolute Gasteiger partial charge is 0.312 e. The standard InChI is InChI=1S/C8H18.C6H14.C4H10.C3H9N.2CH4/c1-5-8(4,6-2)7-3;1-4-6(3)5-2;2*1-4(2)3;;/h5-7H2,1-4H3;6H,4-5H2,1-3H3;4H,1-3H3;1-3H3;2*1H4. The monoisotopic (exact) mass is 349 g/mol. The molecule has 24 heavy (non-hydrogen) atoms. The average molecular weight is 350 g/mol. The first-order chi connectivity index (χ1) is 9.95. The third kappa shape index (κ3) is 57.4. The van der Waals surface area contributed by atoms with Gasteiger partial charge in [-0.1, -0.05) is 116 Å². The van der Waals surface area contributed by atoms with E-state index >= 15 is 0 Å². The lowest BCUT2D eigenvalue weighted by atomic mass is 9.82. The molecule has 0 atom stereocenters. The van der Waals surface area contributed by atoms with Gasteiger partial charge in [-0.3, -0.25) is 0 Å². The van der Waals surface area contributed by atoms with Gasteiger partial charge in [0.05, 0.1) is 0 Å². The maximum absolute atomic E-state index is 2.35. The maximum atomic E-state index is 2.35. The summed E-state index contributed by atoms with van der Waals surface area (Å²) < 4.78 is 0. The highest BCUT2D eigenvalue weighted by molar-refractivity contribution is 4.67. The van der Waals surface area contributed by atoms with Crippen molar-refractivity contribution in [1.82, 2.24) is 4.90 Å². The van der Waals surface area contributed by atoms with Gasteiger partial charge in [-0.15, -0.1) is 0 Å². The summed E-state index contributed by atoms with van der Waals surface area (Å²) in [6, 6.07) is 0. The Morgan fingerprint density at radius 1 is 0.667 bits per heavy atom. The van der Waals surface area contributed by atoms with E-state index in [0.29, 0.717) is 5.41 Å². The van der Waals surface area contributed by atoms with Gasteiger partial charge in [0, 0.05) is 0 Å². The van der Waals surface area contributed by atoms with Crippen molar-refractivity contribution in [3.8, 4) is 0 Å². The van der Waals surface area contributed by atoms with Crippen LogP contribution in [-0.4, -0.2) is 26.0 Å². The molecule has 0 bridgehead atoms. The molecular formula is C23H59N. The van der Waals surface area contributed by atoms with Crippen molar-refractivity contribution in [2.45, 2.75) is 116 Å². The van der Waals surface area contributed by atoms with Crippen LogP contribution in [0.2, 0.25) is 0 Å². The summed E-state index contributed by atoms with van der Waals surface area (Å²) >= 11 is 0. The first kappa shape index (κ1) is 39.2. The van der Waals surface area contributed by atoms with E-state index in [1.54, 1.807) is 0 Å². The number of nitrogens with zero attached hydrogens (tertiary/aromatic N) is 1. The van der Waals surface area contributed by atoms with Crippen LogP contribution in [0.5, 0.6) is 0 Å². The molecule has 156 valence electrons. The highest BCUT2D eigenvalue weighted by atomic mass is 15.0. The minimum absolute atomic E-state index is 0. The van der Waals surface area contributed by atoms with Gasteiger partial charge in [0.2, 0.25) is 0 Å². The van der Waals surface area contributed by atoms with Crippen molar-refractivity contribution in [3.05, 3.63) is 0 Å². The molecule has 0 aromatic heterocycles. The summed E-state index contributed by atoms with van der Waals surface area (Å²) in [7, 11) is 6.00. The molecule has 0 aliphatic heterocycles. The molecule has 0 amide bonds. The molecule has 0 saturated carbocycles. The Kier molecular flexibility index (Phi) is 45.3. The Balaban J connectivity index is -0.0000000457. The number of hydrogen-bond donors (Lipinski definition) is 0. The van der Waals surface area contributed by atoms with Crippen molar-refractivity contribution in [1.29, 1.82) is 0 Å². The SMILES string of the molecule is C.C.CC(C)C.CCC(C)(CC)CC.CCC(C)CC.CN(C)C. The molecule has 0 N–H and O–H groups in total. The van der Waals surface area contributed by atoms with Gasteiger partial charge in [-0.05, 0) is 38.4 Å². The molecule has 0 saturated heterocycles. The van der Waals surface area contributed by atoms with E-state index in [4.69, 9.17) is 0 Å². The molecule has 0 aliphatic carbocycles. The molecule has 0 aromatic carbocycles. The first-order valence-electron chi connectivity index (χ1n) is 9.56. The zero-order valence-electron chi connectivity index (χ0n) is 18.6. The van der Waals surface area contributed by atoms with E-state index in [-0.39, 0.29) is 14.9 Å². The maximum Gasteiger partial charge on any atom is -0.0140 e. The summed E-state index contributed by atoms with van der Waals surface area (Å²) in [6.45, 7) is 22.4. The second-order valence-electron chi connectivity index (χ2n) is 7.87. The smallest absolute Gasteiger partial charge is 0.0140 e. The van der Waals surface area contributed by atoms with Crippen LogP contribution in [0.1, 0.15) is 116 Å². The van der Waals surface area contributed by atoms with Gasteiger partial charge in [0.1, 0.15) is 0 Å². The lowest BCUT2D eigenvalue weighted by Crippen LogP contribution is -2.10. The second-order valence-corrected chi connectivity index (χ2v) is 7.87. The van der Waals surface area contributed by atoms with Crippen LogP contribution in [-0.2, 0) is 0 Å². The fraction of sp³-hybridized carbons (Fsp3) is 1.00. The predicted molar refractivity (Wildman–Crippen MR) is 122 cm³/mol. The number of rotatable bonds is 5. The average Bonchev–Trinajstić information content (AvgIpc) is 2.45. The minimum Gasteiger partial charge on any atom is -0.312 e. The Bertz CT molecular complexity index is 145. The van der Waals surface area contributed by atoms with E-state index in [9.17, 15) is 0 Å². The van der Waals surface area contributed by atoms with Gasteiger partial charge >= 0.3 is 0 Å². The minimum atomic E-state index is 0. The Hall–Kier alpha value is -0.0400. The van der Waals surface area contributed by atoms with Crippen LogP contribution in [0.3, 0.4) is 0 Å². The third-order valence-electron chi connectivity index (χ3n) is 3.95. The number of hydrogen-bond acceptors (Lipinski definition) is 1. The van der Waals surface area contributed by atoms with Gasteiger partial charge in [0.25, 0.3) is 0 Å². The van der Waals surface area contributed by atoms with Crippen LogP contribution in [0.15, 0.2) is 0 Å². The third-order valence-corrected chi connectivity index (χ3v) is 3.95. The summed E-state index contributed by atoms with van der Waals surface area (Å²) in [5.74, 6) is 1.77. The second kappa shape index (κ2) is 27.8. The molecular weight excluding hydrogens is 290 g/mol. The van der Waals surface area contributed by atoms with Crippen molar-refractivity contribution >= 4 is 0 Å². The first-order valence-corrected chi connectivity index (χ1v) is 9.56. The van der Waals surface area contributed by atoms with Crippen LogP contribution in [0, 0.1) is 17.3 Å². The highest BCUT2D eigenvalue weighted by Gasteiger charge is 2.15. The molecule has 0 heterocycles. The van der Waals surface area contributed by atoms with Crippen molar-refractivity contribution in [3.63, 3.8) is 0 Å². The van der Waals surface area contributed by atoms with E-state index in [0.717, 1.165) is 11.8 Å². The molecule has 0 spiro atoms. The molecule has 1 heteroatoms. The van der Waals surface area contributed by atoms with Crippen molar-refractivity contribution < 1.29 is 0 Å². The van der Waals surface area contributed by atoms with Gasteiger partial charge in [-0.2, -0.15) is 0 Å². The molecule has 0 aliphatic rings. The van der Waals surface area contributed by atoms with Crippen LogP contribution in [0.25, 0.3) is 0 Å². The van der Waals surface area contributed by atoms with Crippen molar-refractivity contribution in [2.24, 2.45) is 17.3 Å². The molecule has 0 rings (SSSR count). The summed E-state index contributed by atoms with van der Waals surface area (Å²) in [6.07, 6.45) is 6.62. The van der Waals surface area contributed by atoms with E-state index < -0.39 is 0 Å². The highest BCUT2D eigenvalue weighted by Crippen LogP contribution is 2.28. The molecule has 0 fully saturated rings. The predicted octanol–water partition coefficient (Wildman–Crippen LogP) is 8.78. The Morgan fingerprint density at radius 2 is 0.833 bits per heavy atom. The topological polar surface area (TPSA) is 3.24 Å². The quantitative estimate of drug-likeness (QED) is 0.479. The molecule has 1 nitrogen and oxygen atoms in total. The normalized spacial score (nSPS) is 9.50. The molecule has 0 radical (unpaired) electrons. The Morgan fingerprint density at radius 3 is 0.833 bits per heavy atom. The van der Waals surface area contributed by atoms with Gasteiger partial charge in [0.15, 0.2) is 0 Å². The van der Waals surface area contributed by atoms with Gasteiger partial charge in [-0.25, -0.2) is 0 Å². The lowest BCUT2D eigenvalue weighted by Gasteiger charge is -2.23. The van der Waals surface area contributed by atoms with Crippen LogP contribution < -0.4 is 0 Å². The van der Waals surface area contributed by atoms with Crippen LogP contribution in [0.4, 0.5) is 0 Å². The Labute approximate surface area is 160 Å². The zero-order chi connectivity index (χ0) is 18.8. The summed E-state index contributed by atoms with van der Waals surface area (Å²) in [4.78, 5) is 2.00. The summed E-state index contributed by atoms with van der Waals surface area (Å²) in [5, 5.41) is 0. The summed E-state index contributed by atoms with van der Waals surface area (Å²) in [5.41, 5.74) is 0.625. The lowest BCUT2D eigenvalue weighted by molar-refractivity contribution is 0.286. The van der Waals surface area contributed by atoms with Crippen LogP contribution >= 0.6 is 0 Å². The van der Waals surface area contributed by atoms with E-state index in [1.165, 1.54) is 32.1 Å². The van der Waals surface area contributed by atoms with Crippen molar-refractivity contribution in [2.75, 3.05) is 21.1 Å². The van der Waals surface area contributed by atoms with Gasteiger partial charge < -0.3 is 4.90 Å². The van der Waals surface area contributed by atoms with E-state index in [1.807, 2.05) is 26.0 Å². The molecule has 0 aromatic rings. The van der Waals surface area contributed by atoms with E-state index in [2.05, 4.69) is 69.2 Å². The zero-order valence-corrected chi connectivity index (χ0v) is 18.6. The molecule has 0 unspecified atom stereocenters. The fourth-order valence-corrected chi connectivity index (χ4v) is 1.04. The fourth-order valence-electron chi connectivity index (χ4n) is 1.04.